The van der Waals surface area contributed by atoms with Gasteiger partial charge < -0.3 is 10.5 Å². The summed E-state index contributed by atoms with van der Waals surface area (Å²) in [4.78, 5) is 10.2. The summed E-state index contributed by atoms with van der Waals surface area (Å²) in [5.41, 5.74) is 6.82. The van der Waals surface area contributed by atoms with Gasteiger partial charge in [0.1, 0.15) is 11.5 Å². The van der Waals surface area contributed by atoms with Crippen LogP contribution in [0.25, 0.3) is 0 Å². The van der Waals surface area contributed by atoms with Crippen molar-refractivity contribution in [1.29, 1.82) is 0 Å². The zero-order valence-corrected chi connectivity index (χ0v) is 11.7. The van der Waals surface area contributed by atoms with E-state index >= 15 is 0 Å². The summed E-state index contributed by atoms with van der Waals surface area (Å²) in [5, 5.41) is 10.7. The van der Waals surface area contributed by atoms with Gasteiger partial charge in [-0.15, -0.1) is 0 Å². The molecule has 98 valence electrons. The lowest BCUT2D eigenvalue weighted by atomic mass is 10.2. The number of nitrogen functional groups attached to an aromatic ring is 1. The van der Waals surface area contributed by atoms with Gasteiger partial charge in [0, 0.05) is 22.3 Å². The second-order valence-electron chi connectivity index (χ2n) is 4.03. The monoisotopic (exact) mass is 322 g/mol. The molecule has 5 nitrogen and oxygen atoms in total. The first-order chi connectivity index (χ1) is 8.95. The molecular formula is C13H11BrN2O3. The molecule has 0 spiro atoms. The van der Waals surface area contributed by atoms with Crippen LogP contribution in [0.2, 0.25) is 0 Å². The second-order valence-corrected chi connectivity index (χ2v) is 4.88. The molecule has 0 aromatic heterocycles. The molecule has 0 radical (unpaired) electrons. The van der Waals surface area contributed by atoms with Crippen molar-refractivity contribution in [3.8, 4) is 11.5 Å². The number of non-ortho nitro benzene ring substituents is 1. The minimum absolute atomic E-state index is 0.0937. The van der Waals surface area contributed by atoms with E-state index in [1.54, 1.807) is 12.1 Å². The first-order valence-electron chi connectivity index (χ1n) is 5.44. The van der Waals surface area contributed by atoms with Crippen molar-refractivity contribution in [1.82, 2.24) is 0 Å². The standard InChI is InChI=1S/C13H11BrN2O3/c1-8-4-11(2-3-13(8)14)19-12-6-9(15)5-10(7-12)16(17)18/h2-7H,15H2,1H3. The van der Waals surface area contributed by atoms with Crippen LogP contribution >= 0.6 is 15.9 Å². The number of halogens is 1. The maximum atomic E-state index is 10.7. The minimum atomic E-state index is -0.504. The molecule has 0 aliphatic heterocycles. The average Bonchev–Trinajstić information content (AvgIpc) is 2.33. The Morgan fingerprint density at radius 3 is 2.58 bits per heavy atom. The number of nitrogens with zero attached hydrogens (tertiary/aromatic N) is 1. The number of benzene rings is 2. The van der Waals surface area contributed by atoms with E-state index in [9.17, 15) is 10.1 Å². The molecule has 0 saturated carbocycles. The lowest BCUT2D eigenvalue weighted by molar-refractivity contribution is -0.384. The van der Waals surface area contributed by atoms with Crippen LogP contribution in [0.15, 0.2) is 40.9 Å². The number of anilines is 1. The number of hydrogen-bond acceptors (Lipinski definition) is 4. The van der Waals surface area contributed by atoms with Crippen molar-refractivity contribution < 1.29 is 9.66 Å². The predicted octanol–water partition coefficient (Wildman–Crippen LogP) is 4.04. The van der Waals surface area contributed by atoms with Crippen LogP contribution in [0.4, 0.5) is 11.4 Å². The third-order valence-electron chi connectivity index (χ3n) is 2.49. The molecule has 0 unspecified atom stereocenters. The lowest BCUT2D eigenvalue weighted by Gasteiger charge is -2.08. The van der Waals surface area contributed by atoms with Gasteiger partial charge in [0.2, 0.25) is 0 Å². The van der Waals surface area contributed by atoms with Crippen molar-refractivity contribution in [2.75, 3.05) is 5.73 Å². The topological polar surface area (TPSA) is 78.4 Å². The van der Waals surface area contributed by atoms with Crippen LogP contribution in [-0.2, 0) is 0 Å². The van der Waals surface area contributed by atoms with Gasteiger partial charge >= 0.3 is 0 Å². The van der Waals surface area contributed by atoms with Gasteiger partial charge in [-0.1, -0.05) is 15.9 Å². The van der Waals surface area contributed by atoms with Crippen LogP contribution in [-0.4, -0.2) is 4.92 Å². The molecule has 0 heterocycles. The largest absolute Gasteiger partial charge is 0.457 e. The van der Waals surface area contributed by atoms with Crippen LogP contribution in [0.3, 0.4) is 0 Å². The molecule has 0 amide bonds. The Bertz CT molecular complexity index is 644. The highest BCUT2D eigenvalue weighted by Gasteiger charge is 2.10. The Hall–Kier alpha value is -2.08. The fourth-order valence-electron chi connectivity index (χ4n) is 1.59. The van der Waals surface area contributed by atoms with Crippen molar-refractivity contribution in [2.24, 2.45) is 0 Å². The Kier molecular flexibility index (Phi) is 3.71. The first-order valence-corrected chi connectivity index (χ1v) is 6.24. The first kappa shape index (κ1) is 13.4. The second kappa shape index (κ2) is 5.27. The normalized spacial score (nSPS) is 10.2. The van der Waals surface area contributed by atoms with E-state index < -0.39 is 4.92 Å². The van der Waals surface area contributed by atoms with Gasteiger partial charge in [-0.2, -0.15) is 0 Å². The summed E-state index contributed by atoms with van der Waals surface area (Å²) in [6.07, 6.45) is 0. The molecule has 19 heavy (non-hydrogen) atoms. The number of nitro groups is 1. The van der Waals surface area contributed by atoms with Crippen molar-refractivity contribution in [3.63, 3.8) is 0 Å². The Balaban J connectivity index is 2.32. The zero-order valence-electron chi connectivity index (χ0n) is 10.1. The molecule has 0 bridgehead atoms. The van der Waals surface area contributed by atoms with Gasteiger partial charge in [-0.05, 0) is 30.7 Å². The maximum absolute atomic E-state index is 10.7. The van der Waals surface area contributed by atoms with Crippen LogP contribution in [0.5, 0.6) is 11.5 Å². The SMILES string of the molecule is Cc1cc(Oc2cc(N)cc([N+](=O)[O-])c2)ccc1Br. The van der Waals surface area contributed by atoms with E-state index in [1.807, 2.05) is 19.1 Å². The molecule has 0 fully saturated rings. The van der Waals surface area contributed by atoms with E-state index in [2.05, 4.69) is 15.9 Å². The fraction of sp³-hybridized carbons (Fsp3) is 0.0769. The maximum Gasteiger partial charge on any atom is 0.275 e. The summed E-state index contributed by atoms with van der Waals surface area (Å²) in [7, 11) is 0. The summed E-state index contributed by atoms with van der Waals surface area (Å²) >= 11 is 3.39. The van der Waals surface area contributed by atoms with E-state index in [1.165, 1.54) is 12.1 Å². The summed E-state index contributed by atoms with van der Waals surface area (Å²) < 4.78 is 6.55. The molecule has 6 heteroatoms. The molecule has 0 saturated heterocycles. The number of nitro benzene ring substituents is 1. The highest BCUT2D eigenvalue weighted by molar-refractivity contribution is 9.10. The smallest absolute Gasteiger partial charge is 0.275 e. The van der Waals surface area contributed by atoms with Crippen molar-refractivity contribution in [3.05, 3.63) is 56.5 Å². The quantitative estimate of drug-likeness (QED) is 0.525. The Labute approximate surface area is 118 Å². The van der Waals surface area contributed by atoms with E-state index in [-0.39, 0.29) is 11.4 Å². The number of rotatable bonds is 3. The zero-order chi connectivity index (χ0) is 14.0. The minimum Gasteiger partial charge on any atom is -0.457 e. The molecular weight excluding hydrogens is 312 g/mol. The third-order valence-corrected chi connectivity index (χ3v) is 3.38. The fourth-order valence-corrected chi connectivity index (χ4v) is 1.83. The van der Waals surface area contributed by atoms with E-state index in [0.29, 0.717) is 11.5 Å². The summed E-state index contributed by atoms with van der Waals surface area (Å²) in [6, 6.07) is 9.63. The molecule has 2 aromatic carbocycles. The van der Waals surface area contributed by atoms with Crippen LogP contribution in [0, 0.1) is 17.0 Å². The molecule has 2 rings (SSSR count). The van der Waals surface area contributed by atoms with Gasteiger partial charge in [-0.25, -0.2) is 0 Å². The highest BCUT2D eigenvalue weighted by atomic mass is 79.9. The molecule has 0 aliphatic carbocycles. The average molecular weight is 323 g/mol. The predicted molar refractivity (Wildman–Crippen MR) is 76.5 cm³/mol. The molecule has 2 aromatic rings. The van der Waals surface area contributed by atoms with Gasteiger partial charge in [0.05, 0.1) is 11.0 Å². The molecule has 0 atom stereocenters. The van der Waals surface area contributed by atoms with E-state index in [0.717, 1.165) is 10.0 Å². The van der Waals surface area contributed by atoms with Gasteiger partial charge in [0.15, 0.2) is 0 Å². The number of nitrogens with two attached hydrogens (primary N) is 1. The molecule has 0 aliphatic rings. The number of ether oxygens (including phenoxy) is 1. The Morgan fingerprint density at radius 1 is 1.21 bits per heavy atom. The molecule has 2 N–H and O–H groups in total. The highest BCUT2D eigenvalue weighted by Crippen LogP contribution is 2.30. The van der Waals surface area contributed by atoms with Gasteiger partial charge in [-0.3, -0.25) is 10.1 Å². The summed E-state index contributed by atoms with van der Waals surface area (Å²) in [6.45, 7) is 1.93. The Morgan fingerprint density at radius 2 is 1.95 bits per heavy atom. The van der Waals surface area contributed by atoms with E-state index in [4.69, 9.17) is 10.5 Å². The lowest BCUT2D eigenvalue weighted by Crippen LogP contribution is -1.93. The summed E-state index contributed by atoms with van der Waals surface area (Å²) in [5.74, 6) is 0.939. The van der Waals surface area contributed by atoms with Crippen LogP contribution < -0.4 is 10.5 Å². The number of hydrogen-bond donors (Lipinski definition) is 1. The van der Waals surface area contributed by atoms with Crippen LogP contribution in [0.1, 0.15) is 5.56 Å². The van der Waals surface area contributed by atoms with Crippen molar-refractivity contribution in [2.45, 2.75) is 6.92 Å². The van der Waals surface area contributed by atoms with Crippen molar-refractivity contribution >= 4 is 27.3 Å². The number of aryl methyl sites for hydroxylation is 1. The van der Waals surface area contributed by atoms with Gasteiger partial charge in [0.25, 0.3) is 5.69 Å². The third kappa shape index (κ3) is 3.23.